The van der Waals surface area contributed by atoms with E-state index in [1.54, 1.807) is 12.4 Å². The zero-order valence-electron chi connectivity index (χ0n) is 10.6. The number of aliphatic hydroxyl groups is 1. The van der Waals surface area contributed by atoms with Gasteiger partial charge in [0.1, 0.15) is 0 Å². The van der Waals surface area contributed by atoms with E-state index in [4.69, 9.17) is 0 Å². The van der Waals surface area contributed by atoms with Gasteiger partial charge in [-0.25, -0.2) is 0 Å². The number of carbonyl (C=O) groups is 1. The van der Waals surface area contributed by atoms with E-state index in [0.717, 1.165) is 31.2 Å². The monoisotopic (exact) mass is 248 g/mol. The SMILES string of the molecule is O=C(Cc1ccncc1)NC1(CO)CCCCC1. The predicted octanol–water partition coefficient (Wildman–Crippen LogP) is 1.44. The second-order valence-electron chi connectivity index (χ2n) is 5.08. The largest absolute Gasteiger partial charge is 0.394 e. The van der Waals surface area contributed by atoms with Crippen LogP contribution in [0.1, 0.15) is 37.7 Å². The summed E-state index contributed by atoms with van der Waals surface area (Å²) >= 11 is 0. The average Bonchev–Trinajstić information content (AvgIpc) is 2.41. The molecule has 1 amide bonds. The summed E-state index contributed by atoms with van der Waals surface area (Å²) in [5, 5.41) is 12.6. The van der Waals surface area contributed by atoms with Gasteiger partial charge in [-0.1, -0.05) is 19.3 Å². The van der Waals surface area contributed by atoms with Crippen molar-refractivity contribution in [2.45, 2.75) is 44.1 Å². The number of aliphatic hydroxyl groups excluding tert-OH is 1. The van der Waals surface area contributed by atoms with Crippen LogP contribution in [0.5, 0.6) is 0 Å². The van der Waals surface area contributed by atoms with Crippen LogP contribution in [0.2, 0.25) is 0 Å². The first-order chi connectivity index (χ1) is 8.74. The van der Waals surface area contributed by atoms with Gasteiger partial charge in [0, 0.05) is 12.4 Å². The standard InChI is InChI=1S/C14H20N2O2/c17-11-14(6-2-1-3-7-14)16-13(18)10-12-4-8-15-9-5-12/h4-5,8-9,17H,1-3,6-7,10-11H2,(H,16,18). The molecule has 0 unspecified atom stereocenters. The topological polar surface area (TPSA) is 62.2 Å². The number of hydrogen-bond donors (Lipinski definition) is 2. The Kier molecular flexibility index (Phi) is 4.31. The summed E-state index contributed by atoms with van der Waals surface area (Å²) in [5.41, 5.74) is 0.564. The van der Waals surface area contributed by atoms with Crippen LogP contribution in [0, 0.1) is 0 Å². The third-order valence-corrected chi connectivity index (χ3v) is 3.63. The van der Waals surface area contributed by atoms with Gasteiger partial charge >= 0.3 is 0 Å². The Hall–Kier alpha value is -1.42. The van der Waals surface area contributed by atoms with Crippen LogP contribution in [0.4, 0.5) is 0 Å². The molecule has 0 atom stereocenters. The van der Waals surface area contributed by atoms with Crippen LogP contribution in [0.3, 0.4) is 0 Å². The van der Waals surface area contributed by atoms with Gasteiger partial charge in [-0.2, -0.15) is 0 Å². The Bertz CT molecular complexity index is 386. The van der Waals surface area contributed by atoms with E-state index in [1.807, 2.05) is 12.1 Å². The molecule has 0 spiro atoms. The van der Waals surface area contributed by atoms with E-state index in [0.29, 0.717) is 6.42 Å². The lowest BCUT2D eigenvalue weighted by Gasteiger charge is -2.36. The molecule has 2 rings (SSSR count). The molecule has 0 bridgehead atoms. The molecule has 1 aromatic rings. The summed E-state index contributed by atoms with van der Waals surface area (Å²) in [4.78, 5) is 15.9. The van der Waals surface area contributed by atoms with E-state index in [2.05, 4.69) is 10.3 Å². The van der Waals surface area contributed by atoms with E-state index in [-0.39, 0.29) is 18.1 Å². The number of rotatable bonds is 4. The van der Waals surface area contributed by atoms with Crippen molar-refractivity contribution in [3.8, 4) is 0 Å². The fourth-order valence-electron chi connectivity index (χ4n) is 2.58. The molecule has 1 aliphatic rings. The molecule has 98 valence electrons. The number of nitrogens with one attached hydrogen (secondary N) is 1. The Balaban J connectivity index is 1.93. The summed E-state index contributed by atoms with van der Waals surface area (Å²) in [7, 11) is 0. The molecule has 0 saturated heterocycles. The highest BCUT2D eigenvalue weighted by atomic mass is 16.3. The third-order valence-electron chi connectivity index (χ3n) is 3.63. The number of nitrogens with zero attached hydrogens (tertiary/aromatic N) is 1. The first-order valence-corrected chi connectivity index (χ1v) is 6.55. The minimum Gasteiger partial charge on any atom is -0.394 e. The number of pyridine rings is 1. The van der Waals surface area contributed by atoms with Gasteiger partial charge in [0.25, 0.3) is 0 Å². The Labute approximate surface area is 107 Å². The molecule has 1 saturated carbocycles. The third kappa shape index (κ3) is 3.29. The average molecular weight is 248 g/mol. The predicted molar refractivity (Wildman–Crippen MR) is 69.0 cm³/mol. The van der Waals surface area contributed by atoms with Crippen molar-refractivity contribution in [1.82, 2.24) is 10.3 Å². The van der Waals surface area contributed by atoms with Crippen LogP contribution >= 0.6 is 0 Å². The van der Waals surface area contributed by atoms with Crippen molar-refractivity contribution < 1.29 is 9.90 Å². The summed E-state index contributed by atoms with van der Waals surface area (Å²) in [6.07, 6.45) is 8.84. The van der Waals surface area contributed by atoms with Gasteiger partial charge in [0.15, 0.2) is 0 Å². The van der Waals surface area contributed by atoms with Crippen LogP contribution < -0.4 is 5.32 Å². The number of aromatic nitrogens is 1. The summed E-state index contributed by atoms with van der Waals surface area (Å²) in [5.74, 6) is -0.0165. The van der Waals surface area contributed by atoms with Crippen molar-refractivity contribution >= 4 is 5.91 Å². The highest BCUT2D eigenvalue weighted by molar-refractivity contribution is 5.79. The van der Waals surface area contributed by atoms with Gasteiger partial charge < -0.3 is 10.4 Å². The molecule has 0 radical (unpaired) electrons. The molecule has 4 heteroatoms. The normalized spacial score (nSPS) is 18.3. The molecule has 4 nitrogen and oxygen atoms in total. The van der Waals surface area contributed by atoms with Gasteiger partial charge in [0.05, 0.1) is 18.6 Å². The quantitative estimate of drug-likeness (QED) is 0.847. The van der Waals surface area contributed by atoms with Crippen molar-refractivity contribution in [3.05, 3.63) is 30.1 Å². The molecular formula is C14H20N2O2. The highest BCUT2D eigenvalue weighted by Gasteiger charge is 2.32. The second-order valence-corrected chi connectivity index (χ2v) is 5.08. The maximum atomic E-state index is 12.0. The Morgan fingerprint density at radius 1 is 1.28 bits per heavy atom. The zero-order valence-corrected chi connectivity index (χ0v) is 10.6. The van der Waals surface area contributed by atoms with Crippen LogP contribution in [-0.4, -0.2) is 28.1 Å². The van der Waals surface area contributed by atoms with Gasteiger partial charge in [0.2, 0.25) is 5.91 Å². The van der Waals surface area contributed by atoms with Gasteiger partial charge in [-0.05, 0) is 30.5 Å². The van der Waals surface area contributed by atoms with E-state index in [9.17, 15) is 9.90 Å². The maximum Gasteiger partial charge on any atom is 0.224 e. The van der Waals surface area contributed by atoms with E-state index >= 15 is 0 Å². The number of carbonyl (C=O) groups excluding carboxylic acids is 1. The summed E-state index contributed by atoms with van der Waals surface area (Å²) in [6, 6.07) is 3.68. The Morgan fingerprint density at radius 3 is 2.56 bits per heavy atom. The van der Waals surface area contributed by atoms with E-state index < -0.39 is 0 Å². The fourth-order valence-corrected chi connectivity index (χ4v) is 2.58. The lowest BCUT2D eigenvalue weighted by molar-refractivity contribution is -0.123. The Morgan fingerprint density at radius 2 is 1.94 bits per heavy atom. The first-order valence-electron chi connectivity index (χ1n) is 6.55. The van der Waals surface area contributed by atoms with Crippen molar-refractivity contribution in [2.24, 2.45) is 0 Å². The highest BCUT2D eigenvalue weighted by Crippen LogP contribution is 2.27. The second kappa shape index (κ2) is 5.96. The van der Waals surface area contributed by atoms with Gasteiger partial charge in [-0.3, -0.25) is 9.78 Å². The van der Waals surface area contributed by atoms with Crippen molar-refractivity contribution in [2.75, 3.05) is 6.61 Å². The van der Waals surface area contributed by atoms with Crippen LogP contribution in [-0.2, 0) is 11.2 Å². The lowest BCUT2D eigenvalue weighted by atomic mass is 9.82. The molecule has 2 N–H and O–H groups in total. The molecule has 1 aromatic heterocycles. The molecule has 1 heterocycles. The van der Waals surface area contributed by atoms with Crippen LogP contribution in [0.25, 0.3) is 0 Å². The molecular weight excluding hydrogens is 228 g/mol. The maximum absolute atomic E-state index is 12.0. The molecule has 1 aliphatic carbocycles. The molecule has 1 fully saturated rings. The summed E-state index contributed by atoms with van der Waals surface area (Å²) < 4.78 is 0. The number of amides is 1. The van der Waals surface area contributed by atoms with Crippen molar-refractivity contribution in [3.63, 3.8) is 0 Å². The van der Waals surface area contributed by atoms with Crippen molar-refractivity contribution in [1.29, 1.82) is 0 Å². The first kappa shape index (κ1) is 13.0. The lowest BCUT2D eigenvalue weighted by Crippen LogP contribution is -2.52. The number of hydrogen-bond acceptors (Lipinski definition) is 3. The van der Waals surface area contributed by atoms with E-state index in [1.165, 1.54) is 6.42 Å². The zero-order chi connectivity index (χ0) is 12.8. The summed E-state index contributed by atoms with van der Waals surface area (Å²) in [6.45, 7) is 0.0368. The smallest absolute Gasteiger partial charge is 0.224 e. The van der Waals surface area contributed by atoms with Gasteiger partial charge in [-0.15, -0.1) is 0 Å². The fraction of sp³-hybridized carbons (Fsp3) is 0.571. The minimum atomic E-state index is -0.387. The molecule has 18 heavy (non-hydrogen) atoms. The molecule has 0 aliphatic heterocycles. The molecule has 0 aromatic carbocycles. The minimum absolute atomic E-state index is 0.0165. The van der Waals surface area contributed by atoms with Crippen LogP contribution in [0.15, 0.2) is 24.5 Å².